The van der Waals surface area contributed by atoms with Crippen molar-refractivity contribution in [3.63, 3.8) is 0 Å². The largest absolute Gasteiger partial charge is 0.369 e. The fourth-order valence-corrected chi connectivity index (χ4v) is 1.89. The Hall–Kier alpha value is -2.50. The molecule has 6 nitrogen and oxygen atoms in total. The maximum absolute atomic E-state index is 12.0. The van der Waals surface area contributed by atoms with Crippen molar-refractivity contribution in [1.29, 1.82) is 0 Å². The average Bonchev–Trinajstić information content (AvgIpc) is 2.58. The van der Waals surface area contributed by atoms with E-state index in [0.717, 1.165) is 18.7 Å². The quantitative estimate of drug-likeness (QED) is 0.732. The summed E-state index contributed by atoms with van der Waals surface area (Å²) in [6.07, 6.45) is 8.24. The standard InChI is InChI=1S/C16H21N5O/c1-2-3-5-9-18-15-12-19-14(11-20-15)16(22)21-10-13-7-4-6-8-17-13/h4,6-8,11-12H,2-3,5,9-10H2,1H3,(H,18,20)(H,21,22). The van der Waals surface area contributed by atoms with E-state index < -0.39 is 0 Å². The van der Waals surface area contributed by atoms with Gasteiger partial charge in [-0.05, 0) is 18.6 Å². The molecule has 0 fully saturated rings. The highest BCUT2D eigenvalue weighted by Gasteiger charge is 2.07. The van der Waals surface area contributed by atoms with Crippen molar-refractivity contribution in [3.05, 3.63) is 48.2 Å². The Morgan fingerprint density at radius 1 is 1.14 bits per heavy atom. The first kappa shape index (κ1) is 15.9. The molecule has 116 valence electrons. The van der Waals surface area contributed by atoms with Crippen LogP contribution in [0.2, 0.25) is 0 Å². The van der Waals surface area contributed by atoms with Gasteiger partial charge in [0.1, 0.15) is 11.5 Å². The number of hydrogen-bond donors (Lipinski definition) is 2. The Balaban J connectivity index is 1.80. The summed E-state index contributed by atoms with van der Waals surface area (Å²) in [5.74, 6) is 0.438. The van der Waals surface area contributed by atoms with Crippen molar-refractivity contribution in [2.45, 2.75) is 32.7 Å². The zero-order valence-electron chi connectivity index (χ0n) is 12.7. The number of rotatable bonds is 8. The van der Waals surface area contributed by atoms with Crippen LogP contribution in [0.4, 0.5) is 5.82 Å². The first-order valence-corrected chi connectivity index (χ1v) is 7.53. The number of aromatic nitrogens is 3. The lowest BCUT2D eigenvalue weighted by Crippen LogP contribution is -2.24. The molecule has 0 saturated carbocycles. The minimum Gasteiger partial charge on any atom is -0.369 e. The van der Waals surface area contributed by atoms with Crippen LogP contribution in [0.1, 0.15) is 42.4 Å². The molecular weight excluding hydrogens is 278 g/mol. The van der Waals surface area contributed by atoms with E-state index in [1.807, 2.05) is 18.2 Å². The molecule has 0 bridgehead atoms. The number of unbranched alkanes of at least 4 members (excludes halogenated alkanes) is 2. The van der Waals surface area contributed by atoms with Crippen LogP contribution in [0.25, 0.3) is 0 Å². The summed E-state index contributed by atoms with van der Waals surface area (Å²) in [6.45, 7) is 3.41. The van der Waals surface area contributed by atoms with E-state index in [0.29, 0.717) is 18.1 Å². The molecule has 0 aromatic carbocycles. The van der Waals surface area contributed by atoms with Crippen LogP contribution in [0.5, 0.6) is 0 Å². The number of nitrogens with zero attached hydrogens (tertiary/aromatic N) is 3. The zero-order valence-corrected chi connectivity index (χ0v) is 12.7. The fourth-order valence-electron chi connectivity index (χ4n) is 1.89. The minimum absolute atomic E-state index is 0.254. The molecule has 0 saturated heterocycles. The lowest BCUT2D eigenvalue weighted by atomic mass is 10.2. The van der Waals surface area contributed by atoms with Gasteiger partial charge in [0.2, 0.25) is 0 Å². The predicted molar refractivity (Wildman–Crippen MR) is 85.5 cm³/mol. The van der Waals surface area contributed by atoms with E-state index in [4.69, 9.17) is 0 Å². The van der Waals surface area contributed by atoms with Gasteiger partial charge in [0.25, 0.3) is 5.91 Å². The van der Waals surface area contributed by atoms with Crippen LogP contribution in [0.15, 0.2) is 36.8 Å². The van der Waals surface area contributed by atoms with Crippen molar-refractivity contribution in [2.75, 3.05) is 11.9 Å². The van der Waals surface area contributed by atoms with Crippen LogP contribution in [-0.4, -0.2) is 27.4 Å². The fraction of sp³-hybridized carbons (Fsp3) is 0.375. The summed E-state index contributed by atoms with van der Waals surface area (Å²) in [5, 5.41) is 5.96. The lowest BCUT2D eigenvalue weighted by Gasteiger charge is -2.06. The van der Waals surface area contributed by atoms with Crippen LogP contribution in [0, 0.1) is 0 Å². The van der Waals surface area contributed by atoms with Gasteiger partial charge in [0.15, 0.2) is 0 Å². The van der Waals surface area contributed by atoms with Gasteiger partial charge in [-0.25, -0.2) is 9.97 Å². The number of amides is 1. The third-order valence-corrected chi connectivity index (χ3v) is 3.13. The van der Waals surface area contributed by atoms with E-state index in [2.05, 4.69) is 32.5 Å². The van der Waals surface area contributed by atoms with Gasteiger partial charge in [0, 0.05) is 12.7 Å². The number of carbonyl (C=O) groups excluding carboxylic acids is 1. The van der Waals surface area contributed by atoms with E-state index in [-0.39, 0.29) is 5.91 Å². The normalized spacial score (nSPS) is 10.2. The Morgan fingerprint density at radius 2 is 2.05 bits per heavy atom. The van der Waals surface area contributed by atoms with E-state index in [9.17, 15) is 4.79 Å². The first-order chi connectivity index (χ1) is 10.8. The summed E-state index contributed by atoms with van der Waals surface area (Å²) in [7, 11) is 0. The molecular formula is C16H21N5O. The van der Waals surface area contributed by atoms with Gasteiger partial charge in [-0.1, -0.05) is 25.8 Å². The number of nitrogens with one attached hydrogen (secondary N) is 2. The zero-order chi connectivity index (χ0) is 15.6. The number of anilines is 1. The van der Waals surface area contributed by atoms with Crippen molar-refractivity contribution < 1.29 is 4.79 Å². The molecule has 2 rings (SSSR count). The Labute approximate surface area is 130 Å². The van der Waals surface area contributed by atoms with Gasteiger partial charge in [-0.15, -0.1) is 0 Å². The van der Waals surface area contributed by atoms with Crippen molar-refractivity contribution in [3.8, 4) is 0 Å². The highest BCUT2D eigenvalue weighted by atomic mass is 16.1. The smallest absolute Gasteiger partial charge is 0.271 e. The van der Waals surface area contributed by atoms with Gasteiger partial charge >= 0.3 is 0 Å². The molecule has 2 N–H and O–H groups in total. The minimum atomic E-state index is -0.254. The molecule has 0 radical (unpaired) electrons. The van der Waals surface area contributed by atoms with E-state index in [1.54, 1.807) is 12.4 Å². The summed E-state index contributed by atoms with van der Waals surface area (Å²) >= 11 is 0. The SMILES string of the molecule is CCCCCNc1cnc(C(=O)NCc2ccccn2)cn1. The summed E-state index contributed by atoms with van der Waals surface area (Å²) < 4.78 is 0. The van der Waals surface area contributed by atoms with Crippen LogP contribution in [0.3, 0.4) is 0 Å². The van der Waals surface area contributed by atoms with Crippen molar-refractivity contribution in [1.82, 2.24) is 20.3 Å². The van der Waals surface area contributed by atoms with Gasteiger partial charge < -0.3 is 10.6 Å². The highest BCUT2D eigenvalue weighted by molar-refractivity contribution is 5.91. The van der Waals surface area contributed by atoms with Crippen LogP contribution in [-0.2, 0) is 6.54 Å². The summed E-state index contributed by atoms with van der Waals surface area (Å²) in [4.78, 5) is 24.4. The number of pyridine rings is 1. The molecule has 0 aliphatic rings. The molecule has 6 heteroatoms. The Kier molecular flexibility index (Phi) is 6.29. The van der Waals surface area contributed by atoms with Gasteiger partial charge in [-0.2, -0.15) is 0 Å². The third-order valence-electron chi connectivity index (χ3n) is 3.13. The molecule has 22 heavy (non-hydrogen) atoms. The summed E-state index contributed by atoms with van der Waals surface area (Å²) in [5.41, 5.74) is 1.10. The van der Waals surface area contributed by atoms with Crippen molar-refractivity contribution >= 4 is 11.7 Å². The Morgan fingerprint density at radius 3 is 2.73 bits per heavy atom. The average molecular weight is 299 g/mol. The number of carbonyl (C=O) groups is 1. The first-order valence-electron chi connectivity index (χ1n) is 7.53. The highest BCUT2D eigenvalue weighted by Crippen LogP contribution is 2.03. The molecule has 0 aliphatic carbocycles. The van der Waals surface area contributed by atoms with Crippen molar-refractivity contribution in [2.24, 2.45) is 0 Å². The predicted octanol–water partition coefficient (Wildman–Crippen LogP) is 2.40. The number of hydrogen-bond acceptors (Lipinski definition) is 5. The Bertz CT molecular complexity index is 571. The monoisotopic (exact) mass is 299 g/mol. The molecule has 2 heterocycles. The van der Waals surface area contributed by atoms with Crippen LogP contribution < -0.4 is 10.6 Å². The van der Waals surface area contributed by atoms with Gasteiger partial charge in [0.05, 0.1) is 24.6 Å². The molecule has 2 aromatic rings. The molecule has 0 aliphatic heterocycles. The molecule has 0 spiro atoms. The second kappa shape index (κ2) is 8.71. The third kappa shape index (κ3) is 5.12. The lowest BCUT2D eigenvalue weighted by molar-refractivity contribution is 0.0945. The molecule has 0 unspecified atom stereocenters. The molecule has 2 aromatic heterocycles. The van der Waals surface area contributed by atoms with Crippen LogP contribution >= 0.6 is 0 Å². The summed E-state index contributed by atoms with van der Waals surface area (Å²) in [6, 6.07) is 5.58. The molecule has 1 amide bonds. The second-order valence-corrected chi connectivity index (χ2v) is 4.92. The molecule has 0 atom stereocenters. The van der Waals surface area contributed by atoms with E-state index >= 15 is 0 Å². The topological polar surface area (TPSA) is 79.8 Å². The van der Waals surface area contributed by atoms with E-state index in [1.165, 1.54) is 19.0 Å². The maximum Gasteiger partial charge on any atom is 0.271 e. The van der Waals surface area contributed by atoms with Gasteiger partial charge in [-0.3, -0.25) is 9.78 Å². The second-order valence-electron chi connectivity index (χ2n) is 4.92. The maximum atomic E-state index is 12.0.